The van der Waals surface area contributed by atoms with Crippen LogP contribution in [-0.2, 0) is 9.53 Å². The number of hydrogen-bond acceptors (Lipinski definition) is 4. The van der Waals surface area contributed by atoms with E-state index in [-0.39, 0.29) is 28.0 Å². The highest BCUT2D eigenvalue weighted by atomic mass is 35.5. The Labute approximate surface area is 125 Å². The highest BCUT2D eigenvalue weighted by Crippen LogP contribution is 2.32. The van der Waals surface area contributed by atoms with Gasteiger partial charge in [0.1, 0.15) is 5.56 Å². The molecule has 0 spiro atoms. The molecular weight excluding hydrogens is 309 g/mol. The van der Waals surface area contributed by atoms with Gasteiger partial charge in [-0.2, -0.15) is 0 Å². The molecule has 6 nitrogen and oxygen atoms in total. The number of carboxylic acids is 1. The molecule has 0 bridgehead atoms. The molecule has 110 valence electrons. The van der Waals surface area contributed by atoms with Gasteiger partial charge in [0.05, 0.1) is 11.6 Å². The number of methoxy groups -OCH3 is 1. The fraction of sp³-hybridized carbons (Fsp3) is 0.333. The number of carboxylic acid groups (broad SMARTS) is 1. The van der Waals surface area contributed by atoms with E-state index in [0.29, 0.717) is 13.2 Å². The summed E-state index contributed by atoms with van der Waals surface area (Å²) in [7, 11) is 1.51. The molecule has 0 saturated carbocycles. The van der Waals surface area contributed by atoms with Crippen molar-refractivity contribution in [2.45, 2.75) is 0 Å². The standard InChI is InChI=1S/C12H13Cl2NO5/c1-19-3-2-15-10(16)6-20-11-8(12(17)18)4-7(13)5-9(11)14/h4-5H,2-3,6H2,1H3,(H,15,16)(H,17,18). The van der Waals surface area contributed by atoms with Crippen LogP contribution in [0.15, 0.2) is 12.1 Å². The van der Waals surface area contributed by atoms with E-state index in [0.717, 1.165) is 0 Å². The van der Waals surface area contributed by atoms with Crippen LogP contribution in [-0.4, -0.2) is 43.9 Å². The van der Waals surface area contributed by atoms with Crippen molar-refractivity contribution in [3.8, 4) is 5.75 Å². The second kappa shape index (κ2) is 7.94. The highest BCUT2D eigenvalue weighted by molar-refractivity contribution is 6.36. The third kappa shape index (κ3) is 4.88. The van der Waals surface area contributed by atoms with E-state index in [2.05, 4.69) is 5.32 Å². The Kier molecular flexibility index (Phi) is 6.57. The second-order valence-corrected chi connectivity index (χ2v) is 4.54. The van der Waals surface area contributed by atoms with Crippen LogP contribution in [0.1, 0.15) is 10.4 Å². The smallest absolute Gasteiger partial charge is 0.339 e. The van der Waals surface area contributed by atoms with Crippen molar-refractivity contribution < 1.29 is 24.2 Å². The molecule has 0 radical (unpaired) electrons. The third-order valence-electron chi connectivity index (χ3n) is 2.21. The van der Waals surface area contributed by atoms with Gasteiger partial charge in [-0.1, -0.05) is 23.2 Å². The SMILES string of the molecule is COCCNC(=O)COc1c(Cl)cc(Cl)cc1C(=O)O. The van der Waals surface area contributed by atoms with Crippen molar-refractivity contribution >= 4 is 35.1 Å². The summed E-state index contributed by atoms with van der Waals surface area (Å²) < 4.78 is 9.92. The molecule has 0 fully saturated rings. The lowest BCUT2D eigenvalue weighted by atomic mass is 10.2. The molecule has 2 N–H and O–H groups in total. The van der Waals surface area contributed by atoms with Crippen LogP contribution in [0.25, 0.3) is 0 Å². The number of carbonyl (C=O) groups excluding carboxylic acids is 1. The fourth-order valence-corrected chi connectivity index (χ4v) is 1.90. The van der Waals surface area contributed by atoms with Crippen LogP contribution in [0, 0.1) is 0 Å². The zero-order valence-electron chi connectivity index (χ0n) is 10.6. The van der Waals surface area contributed by atoms with Crippen LogP contribution in [0.3, 0.4) is 0 Å². The number of carbonyl (C=O) groups is 2. The van der Waals surface area contributed by atoms with Gasteiger partial charge in [0.25, 0.3) is 5.91 Å². The summed E-state index contributed by atoms with van der Waals surface area (Å²) in [6, 6.07) is 2.54. The summed E-state index contributed by atoms with van der Waals surface area (Å²) in [5.74, 6) is -1.75. The van der Waals surface area contributed by atoms with Gasteiger partial charge in [-0.15, -0.1) is 0 Å². The number of aromatic carboxylic acids is 1. The van der Waals surface area contributed by atoms with E-state index in [9.17, 15) is 9.59 Å². The van der Waals surface area contributed by atoms with Crippen LogP contribution in [0.5, 0.6) is 5.75 Å². The fourth-order valence-electron chi connectivity index (χ4n) is 1.35. The highest BCUT2D eigenvalue weighted by Gasteiger charge is 2.17. The van der Waals surface area contributed by atoms with Gasteiger partial charge in [-0.25, -0.2) is 4.79 Å². The van der Waals surface area contributed by atoms with E-state index in [1.807, 2.05) is 0 Å². The first-order valence-corrected chi connectivity index (χ1v) is 6.32. The van der Waals surface area contributed by atoms with Crippen LogP contribution < -0.4 is 10.1 Å². The van der Waals surface area contributed by atoms with Gasteiger partial charge < -0.3 is 19.9 Å². The minimum atomic E-state index is -1.25. The van der Waals surface area contributed by atoms with Gasteiger partial charge in [0, 0.05) is 18.7 Å². The average Bonchev–Trinajstić information content (AvgIpc) is 2.37. The molecule has 20 heavy (non-hydrogen) atoms. The molecule has 8 heteroatoms. The van der Waals surface area contributed by atoms with Gasteiger partial charge in [0.15, 0.2) is 12.4 Å². The molecule has 1 aromatic rings. The molecule has 0 aromatic heterocycles. The van der Waals surface area contributed by atoms with Gasteiger partial charge in [0.2, 0.25) is 0 Å². The Hall–Kier alpha value is -1.50. The minimum absolute atomic E-state index is 0.0274. The monoisotopic (exact) mass is 321 g/mol. The maximum atomic E-state index is 11.4. The number of rotatable bonds is 7. The van der Waals surface area contributed by atoms with Crippen LogP contribution in [0.4, 0.5) is 0 Å². The minimum Gasteiger partial charge on any atom is -0.481 e. The second-order valence-electron chi connectivity index (χ2n) is 3.70. The number of ether oxygens (including phenoxy) is 2. The summed E-state index contributed by atoms with van der Waals surface area (Å²) in [5.41, 5.74) is -0.202. The van der Waals surface area contributed by atoms with Crippen molar-refractivity contribution in [3.63, 3.8) is 0 Å². The predicted molar refractivity (Wildman–Crippen MR) is 73.8 cm³/mol. The number of halogens is 2. The van der Waals surface area contributed by atoms with Crippen molar-refractivity contribution in [2.24, 2.45) is 0 Å². The largest absolute Gasteiger partial charge is 0.481 e. The number of benzene rings is 1. The van der Waals surface area contributed by atoms with E-state index in [1.165, 1.54) is 19.2 Å². The summed E-state index contributed by atoms with van der Waals surface area (Å²) in [5, 5.41) is 11.8. The quantitative estimate of drug-likeness (QED) is 0.748. The number of nitrogens with one attached hydrogen (secondary N) is 1. The number of hydrogen-bond donors (Lipinski definition) is 2. The molecule has 0 atom stereocenters. The first kappa shape index (κ1) is 16.6. The van der Waals surface area contributed by atoms with Gasteiger partial charge in [-0.3, -0.25) is 4.79 Å². The summed E-state index contributed by atoms with van der Waals surface area (Å²) >= 11 is 11.6. The van der Waals surface area contributed by atoms with Crippen LogP contribution >= 0.6 is 23.2 Å². The average molecular weight is 322 g/mol. The Bertz CT molecular complexity index is 507. The molecule has 1 rings (SSSR count). The maximum Gasteiger partial charge on any atom is 0.339 e. The Morgan fingerprint density at radius 2 is 2.05 bits per heavy atom. The normalized spacial score (nSPS) is 10.2. The van der Waals surface area contributed by atoms with Crippen molar-refractivity contribution in [1.82, 2.24) is 5.32 Å². The first-order valence-electron chi connectivity index (χ1n) is 5.56. The zero-order valence-corrected chi connectivity index (χ0v) is 12.1. The summed E-state index contributed by atoms with van der Waals surface area (Å²) in [4.78, 5) is 22.5. The van der Waals surface area contributed by atoms with E-state index >= 15 is 0 Å². The molecule has 0 aliphatic rings. The van der Waals surface area contributed by atoms with Crippen LogP contribution in [0.2, 0.25) is 10.0 Å². The molecule has 0 aliphatic carbocycles. The lowest BCUT2D eigenvalue weighted by Gasteiger charge is -2.11. The Morgan fingerprint density at radius 1 is 1.35 bits per heavy atom. The van der Waals surface area contributed by atoms with Crippen molar-refractivity contribution in [2.75, 3.05) is 26.9 Å². The molecule has 0 aliphatic heterocycles. The molecule has 1 aromatic carbocycles. The lowest BCUT2D eigenvalue weighted by molar-refractivity contribution is -0.123. The number of amides is 1. The van der Waals surface area contributed by atoms with Gasteiger partial charge in [-0.05, 0) is 12.1 Å². The molecule has 0 saturated heterocycles. The zero-order chi connectivity index (χ0) is 15.1. The van der Waals surface area contributed by atoms with E-state index < -0.39 is 11.9 Å². The Balaban J connectivity index is 2.72. The van der Waals surface area contributed by atoms with Crippen molar-refractivity contribution in [1.29, 1.82) is 0 Å². The molecule has 0 heterocycles. The van der Waals surface area contributed by atoms with E-state index in [1.54, 1.807) is 0 Å². The lowest BCUT2D eigenvalue weighted by Crippen LogP contribution is -2.31. The topological polar surface area (TPSA) is 84.9 Å². The Morgan fingerprint density at radius 3 is 2.65 bits per heavy atom. The van der Waals surface area contributed by atoms with Gasteiger partial charge >= 0.3 is 5.97 Å². The third-order valence-corrected chi connectivity index (χ3v) is 2.71. The predicted octanol–water partition coefficient (Wildman–Crippen LogP) is 1.83. The van der Waals surface area contributed by atoms with E-state index in [4.69, 9.17) is 37.8 Å². The van der Waals surface area contributed by atoms with Crippen molar-refractivity contribution in [3.05, 3.63) is 27.7 Å². The summed E-state index contributed by atoms with van der Waals surface area (Å²) in [6.07, 6.45) is 0. The first-order chi connectivity index (χ1) is 9.45. The summed E-state index contributed by atoms with van der Waals surface area (Å²) in [6.45, 7) is 0.345. The molecular formula is C12H13Cl2NO5. The maximum absolute atomic E-state index is 11.4. The molecule has 0 unspecified atom stereocenters. The molecule has 1 amide bonds.